The molecule has 5 N–H and O–H groups in total. The van der Waals surface area contributed by atoms with Gasteiger partial charge in [0.15, 0.2) is 5.13 Å². The maximum Gasteiger partial charge on any atom is 0.408 e. The van der Waals surface area contributed by atoms with Crippen LogP contribution in [0.4, 0.5) is 14.7 Å². The van der Waals surface area contributed by atoms with Crippen LogP contribution in [0, 0.1) is 5.92 Å². The number of aliphatic hydroxyl groups excluding tert-OH is 2. The van der Waals surface area contributed by atoms with Gasteiger partial charge in [-0.25, -0.2) is 14.6 Å². The molecule has 2 aromatic heterocycles. The van der Waals surface area contributed by atoms with E-state index in [2.05, 4.69) is 30.8 Å². The van der Waals surface area contributed by atoms with Gasteiger partial charge in [0.25, 0.3) is 0 Å². The Kier molecular flexibility index (Phi) is 14.4. The van der Waals surface area contributed by atoms with Crippen molar-refractivity contribution in [3.8, 4) is 0 Å². The smallest absolute Gasteiger partial charge is 0.408 e. The second-order valence-corrected chi connectivity index (χ2v) is 14.8. The normalized spacial score (nSPS) is 15.7. The van der Waals surface area contributed by atoms with Gasteiger partial charge in [-0.2, -0.15) is 0 Å². The van der Waals surface area contributed by atoms with Crippen molar-refractivity contribution < 1.29 is 34.1 Å². The molecule has 5 atom stereocenters. The molecule has 15 heteroatoms. The molecule has 4 aromatic rings. The molecule has 0 aliphatic carbocycles. The standard InChI is InChI=1S/C37H46N6O7S2/c1-24(2)31(42-37(48)49-20-27-22-51-35(39-27)43-15-9-10-16-43)34(46)40-29(17-25-11-5-3-6-12-25)32(44)33(45)30(18-26-13-7-4-8-14-26)41-36(47)50-21-28-19-38-23-52-28/h3-8,11-14,19,22-24,29-33,44-45H,9-10,15-18,20-21H2,1-2H3,(H,40,46)(H,41,47)(H,42,48)/t29-,30-,31-,32+,33+/m0/s1. The first-order chi connectivity index (χ1) is 25.2. The average molecular weight is 751 g/mol. The van der Waals surface area contributed by atoms with Crippen molar-refractivity contribution >= 4 is 45.9 Å². The number of nitrogens with zero attached hydrogens (tertiary/aromatic N) is 3. The van der Waals surface area contributed by atoms with Gasteiger partial charge in [0.2, 0.25) is 5.91 Å². The van der Waals surface area contributed by atoms with Crippen LogP contribution >= 0.6 is 22.7 Å². The Bertz CT molecular complexity index is 1690. The summed E-state index contributed by atoms with van der Waals surface area (Å²) in [6.45, 7) is 5.43. The second kappa shape index (κ2) is 19.3. The summed E-state index contributed by atoms with van der Waals surface area (Å²) in [7, 11) is 0. The Morgan fingerprint density at radius 2 is 1.38 bits per heavy atom. The summed E-state index contributed by atoms with van der Waals surface area (Å²) >= 11 is 2.84. The van der Waals surface area contributed by atoms with Crippen LogP contribution in [0.25, 0.3) is 0 Å². The third-order valence-corrected chi connectivity index (χ3v) is 10.4. The topological polar surface area (TPSA) is 175 Å². The van der Waals surface area contributed by atoms with Crippen LogP contribution in [-0.4, -0.2) is 81.7 Å². The van der Waals surface area contributed by atoms with Crippen LogP contribution in [0.3, 0.4) is 0 Å². The Balaban J connectivity index is 1.26. The Labute approximate surface area is 311 Å². The monoisotopic (exact) mass is 750 g/mol. The molecule has 13 nitrogen and oxygen atoms in total. The van der Waals surface area contributed by atoms with Gasteiger partial charge in [0.1, 0.15) is 31.5 Å². The zero-order valence-corrected chi connectivity index (χ0v) is 30.9. The van der Waals surface area contributed by atoms with Gasteiger partial charge in [-0.15, -0.1) is 22.7 Å². The fourth-order valence-corrected chi connectivity index (χ4v) is 7.27. The summed E-state index contributed by atoms with van der Waals surface area (Å²) < 4.78 is 10.8. The first kappa shape index (κ1) is 38.7. The van der Waals surface area contributed by atoms with Crippen LogP contribution in [0.1, 0.15) is 48.4 Å². The SMILES string of the molecule is CC(C)[C@H](NC(=O)OCc1csc(N2CCCC2)n1)C(=O)N[C@@H](Cc1ccccc1)[C@@H](O)[C@H](O)[C@H](Cc1ccccc1)NC(=O)OCc1cncs1. The van der Waals surface area contributed by atoms with Crippen molar-refractivity contribution in [3.05, 3.63) is 99.4 Å². The number of thiazole rings is 2. The van der Waals surface area contributed by atoms with E-state index < -0.39 is 48.4 Å². The van der Waals surface area contributed by atoms with Gasteiger partial charge in [-0.1, -0.05) is 74.5 Å². The lowest BCUT2D eigenvalue weighted by atomic mass is 9.90. The summed E-state index contributed by atoms with van der Waals surface area (Å²) in [6, 6.07) is 15.4. The zero-order valence-electron chi connectivity index (χ0n) is 29.2. The molecule has 0 spiro atoms. The molecule has 0 radical (unpaired) electrons. The zero-order chi connectivity index (χ0) is 36.9. The third kappa shape index (κ3) is 11.5. The van der Waals surface area contributed by atoms with Crippen molar-refractivity contribution in [2.75, 3.05) is 18.0 Å². The van der Waals surface area contributed by atoms with Crippen LogP contribution < -0.4 is 20.9 Å². The number of amides is 3. The van der Waals surface area contributed by atoms with Crippen molar-refractivity contribution in [3.63, 3.8) is 0 Å². The summed E-state index contributed by atoms with van der Waals surface area (Å²) in [5, 5.41) is 34.4. The van der Waals surface area contributed by atoms with Crippen molar-refractivity contribution in [2.24, 2.45) is 5.92 Å². The van der Waals surface area contributed by atoms with Crippen LogP contribution in [-0.2, 0) is 40.3 Å². The molecule has 0 saturated carbocycles. The second-order valence-electron chi connectivity index (χ2n) is 13.0. The number of hydrogen-bond acceptors (Lipinski definition) is 12. The van der Waals surface area contributed by atoms with E-state index in [0.29, 0.717) is 5.69 Å². The van der Waals surface area contributed by atoms with Gasteiger partial charge in [0, 0.05) is 24.7 Å². The number of carbonyl (C=O) groups is 3. The van der Waals surface area contributed by atoms with Crippen LogP contribution in [0.5, 0.6) is 0 Å². The molecule has 3 heterocycles. The molecule has 0 unspecified atom stereocenters. The minimum atomic E-state index is -1.55. The van der Waals surface area contributed by atoms with Gasteiger partial charge in [-0.05, 0) is 42.7 Å². The number of ether oxygens (including phenoxy) is 2. The summed E-state index contributed by atoms with van der Waals surface area (Å²) in [6.07, 6.45) is -0.479. The molecule has 1 aliphatic rings. The highest BCUT2D eigenvalue weighted by molar-refractivity contribution is 7.13. The summed E-state index contributed by atoms with van der Waals surface area (Å²) in [5.74, 6) is -0.922. The summed E-state index contributed by atoms with van der Waals surface area (Å²) in [4.78, 5) is 51.2. The molecule has 278 valence electrons. The van der Waals surface area contributed by atoms with Gasteiger partial charge in [0.05, 0.1) is 28.2 Å². The lowest BCUT2D eigenvalue weighted by Gasteiger charge is -2.34. The average Bonchev–Trinajstić information content (AvgIpc) is 3.96. The number of benzene rings is 2. The molecule has 1 saturated heterocycles. The van der Waals surface area contributed by atoms with Gasteiger partial charge in [-0.3, -0.25) is 9.78 Å². The molecular weight excluding hydrogens is 705 g/mol. The minimum absolute atomic E-state index is 0.00463. The van der Waals surface area contributed by atoms with E-state index in [1.807, 2.05) is 66.0 Å². The highest BCUT2D eigenvalue weighted by atomic mass is 32.1. The predicted octanol–water partition coefficient (Wildman–Crippen LogP) is 4.44. The lowest BCUT2D eigenvalue weighted by molar-refractivity contribution is -0.126. The Morgan fingerprint density at radius 1 is 0.808 bits per heavy atom. The maximum atomic E-state index is 13.8. The van der Waals surface area contributed by atoms with Crippen molar-refractivity contribution in [1.82, 2.24) is 25.9 Å². The van der Waals surface area contributed by atoms with Gasteiger partial charge < -0.3 is 40.5 Å². The molecule has 3 amide bonds. The van der Waals surface area contributed by atoms with Crippen LogP contribution in [0.2, 0.25) is 0 Å². The fraction of sp³-hybridized carbons (Fsp3) is 0.432. The van der Waals surface area contributed by atoms with E-state index in [-0.39, 0.29) is 32.0 Å². The number of anilines is 1. The number of nitrogens with one attached hydrogen (secondary N) is 3. The maximum absolute atomic E-state index is 13.8. The molecule has 5 rings (SSSR count). The number of carbonyl (C=O) groups excluding carboxylic acids is 3. The van der Waals surface area contributed by atoms with Crippen molar-refractivity contribution in [2.45, 2.75) is 83.1 Å². The summed E-state index contributed by atoms with van der Waals surface area (Å²) in [5.41, 5.74) is 3.85. The minimum Gasteiger partial charge on any atom is -0.444 e. The lowest BCUT2D eigenvalue weighted by Crippen LogP contribution is -2.60. The predicted molar refractivity (Wildman–Crippen MR) is 199 cm³/mol. The first-order valence-corrected chi connectivity index (χ1v) is 19.1. The third-order valence-electron chi connectivity index (χ3n) is 8.72. The quantitative estimate of drug-likeness (QED) is 0.104. The van der Waals surface area contributed by atoms with Gasteiger partial charge >= 0.3 is 12.2 Å². The van der Waals surface area contributed by atoms with Crippen LogP contribution in [0.15, 0.2) is 77.8 Å². The molecular formula is C37H46N6O7S2. The fourth-order valence-electron chi connectivity index (χ4n) is 5.90. The van der Waals surface area contributed by atoms with E-state index in [4.69, 9.17) is 9.47 Å². The number of alkyl carbamates (subject to hydrolysis) is 2. The van der Waals surface area contributed by atoms with E-state index in [9.17, 15) is 24.6 Å². The Morgan fingerprint density at radius 3 is 1.96 bits per heavy atom. The number of rotatable bonds is 17. The first-order valence-electron chi connectivity index (χ1n) is 17.3. The number of hydrogen-bond donors (Lipinski definition) is 5. The van der Waals surface area contributed by atoms with E-state index in [1.54, 1.807) is 25.6 Å². The highest BCUT2D eigenvalue weighted by Crippen LogP contribution is 2.25. The number of aliphatic hydroxyl groups is 2. The largest absolute Gasteiger partial charge is 0.444 e. The molecule has 1 fully saturated rings. The number of aromatic nitrogens is 2. The van der Waals surface area contributed by atoms with E-state index >= 15 is 0 Å². The molecule has 52 heavy (non-hydrogen) atoms. The molecule has 2 aromatic carbocycles. The van der Waals surface area contributed by atoms with Crippen molar-refractivity contribution in [1.29, 1.82) is 0 Å². The van der Waals surface area contributed by atoms with E-state index in [0.717, 1.165) is 47.1 Å². The molecule has 0 bridgehead atoms. The highest BCUT2D eigenvalue weighted by Gasteiger charge is 2.36. The van der Waals surface area contributed by atoms with E-state index in [1.165, 1.54) is 22.7 Å². The molecule has 1 aliphatic heterocycles. The Hall–Kier alpha value is -4.57.